The molecule has 0 unspecified atom stereocenters. The van der Waals surface area contributed by atoms with Crippen LogP contribution in [0, 0.1) is 5.92 Å². The maximum Gasteiger partial charge on any atom is 0.325 e. The van der Waals surface area contributed by atoms with Crippen LogP contribution in [0.1, 0.15) is 19.8 Å². The molecule has 29 heavy (non-hydrogen) atoms. The van der Waals surface area contributed by atoms with Crippen LogP contribution in [0.15, 0.2) is 62.8 Å². The van der Waals surface area contributed by atoms with Crippen molar-refractivity contribution in [2.45, 2.75) is 35.1 Å². The van der Waals surface area contributed by atoms with E-state index in [2.05, 4.69) is 26.6 Å². The number of hydrogen-bond acceptors (Lipinski definition) is 4. The molecule has 2 fully saturated rings. The summed E-state index contributed by atoms with van der Waals surface area (Å²) in [4.78, 5) is 40.3. The number of carbonyl (C=O) groups excluding carboxylic acids is 3. The molecule has 4 amide bonds. The van der Waals surface area contributed by atoms with Crippen LogP contribution in [-0.2, 0) is 9.59 Å². The van der Waals surface area contributed by atoms with E-state index in [1.165, 1.54) is 0 Å². The van der Waals surface area contributed by atoms with Crippen LogP contribution in [0.25, 0.3) is 0 Å². The monoisotopic (exact) mass is 473 g/mol. The number of amides is 4. The van der Waals surface area contributed by atoms with Crippen LogP contribution in [0.4, 0.5) is 10.5 Å². The van der Waals surface area contributed by atoms with Crippen LogP contribution < -0.4 is 10.6 Å². The lowest BCUT2D eigenvalue weighted by Gasteiger charge is -2.20. The van der Waals surface area contributed by atoms with E-state index >= 15 is 0 Å². The van der Waals surface area contributed by atoms with Gasteiger partial charge in [0.15, 0.2) is 0 Å². The van der Waals surface area contributed by atoms with Crippen molar-refractivity contribution in [1.29, 1.82) is 0 Å². The second-order valence-electron chi connectivity index (χ2n) is 7.43. The highest BCUT2D eigenvalue weighted by molar-refractivity contribution is 9.10. The van der Waals surface area contributed by atoms with Crippen molar-refractivity contribution in [3.8, 4) is 0 Å². The van der Waals surface area contributed by atoms with Gasteiger partial charge in [-0.1, -0.05) is 27.7 Å². The standard InChI is InChI=1S/C21H20BrN3O3S/c1-21(13-2-3-13)19(27)25(20(28)24-21)12-18(26)23-15-6-10-17(11-7-15)29-16-8-4-14(22)5-9-16/h4-11,13H,2-3,12H2,1H3,(H,23,26)(H,24,28)/t21-/m1/s1. The third-order valence-corrected chi connectivity index (χ3v) is 6.73. The van der Waals surface area contributed by atoms with Gasteiger partial charge in [-0.25, -0.2) is 4.79 Å². The van der Waals surface area contributed by atoms with Crippen molar-refractivity contribution in [2.24, 2.45) is 5.92 Å². The van der Waals surface area contributed by atoms with Crippen LogP contribution in [-0.4, -0.2) is 34.8 Å². The van der Waals surface area contributed by atoms with Gasteiger partial charge in [0.25, 0.3) is 5.91 Å². The number of nitrogens with zero attached hydrogens (tertiary/aromatic N) is 1. The molecular weight excluding hydrogens is 454 g/mol. The molecule has 1 saturated carbocycles. The Morgan fingerprint density at radius 3 is 2.31 bits per heavy atom. The maximum atomic E-state index is 12.6. The molecule has 1 heterocycles. The predicted molar refractivity (Wildman–Crippen MR) is 115 cm³/mol. The molecule has 1 aliphatic carbocycles. The zero-order valence-corrected chi connectivity index (χ0v) is 18.2. The molecule has 8 heteroatoms. The van der Waals surface area contributed by atoms with Crippen molar-refractivity contribution in [1.82, 2.24) is 10.2 Å². The summed E-state index contributed by atoms with van der Waals surface area (Å²) in [5, 5.41) is 5.50. The number of carbonyl (C=O) groups is 3. The number of benzene rings is 2. The third-order valence-electron chi connectivity index (χ3n) is 5.18. The molecule has 1 saturated heterocycles. The topological polar surface area (TPSA) is 78.5 Å². The van der Waals surface area contributed by atoms with E-state index in [9.17, 15) is 14.4 Å². The first-order valence-corrected chi connectivity index (χ1v) is 10.9. The Bertz CT molecular complexity index is 960. The van der Waals surface area contributed by atoms with E-state index in [4.69, 9.17) is 0 Å². The average Bonchev–Trinajstić information content (AvgIpc) is 3.51. The highest BCUT2D eigenvalue weighted by atomic mass is 79.9. The summed E-state index contributed by atoms with van der Waals surface area (Å²) in [7, 11) is 0. The van der Waals surface area contributed by atoms with Crippen LogP contribution in [0.2, 0.25) is 0 Å². The number of hydrogen-bond donors (Lipinski definition) is 2. The van der Waals surface area contributed by atoms with Gasteiger partial charge in [-0.2, -0.15) is 0 Å². The van der Waals surface area contributed by atoms with E-state index in [1.54, 1.807) is 30.8 Å². The van der Waals surface area contributed by atoms with Gasteiger partial charge < -0.3 is 10.6 Å². The number of nitrogens with one attached hydrogen (secondary N) is 2. The number of anilines is 1. The van der Waals surface area contributed by atoms with Gasteiger partial charge in [-0.15, -0.1) is 0 Å². The lowest BCUT2D eigenvalue weighted by atomic mass is 9.96. The fourth-order valence-electron chi connectivity index (χ4n) is 3.39. The molecule has 2 aliphatic rings. The average molecular weight is 474 g/mol. The Balaban J connectivity index is 1.34. The van der Waals surface area contributed by atoms with Crippen molar-refractivity contribution in [2.75, 3.05) is 11.9 Å². The van der Waals surface area contributed by atoms with Gasteiger partial charge in [-0.05, 0) is 74.2 Å². The quantitative estimate of drug-likeness (QED) is 0.614. The fraction of sp³-hybridized carbons (Fsp3) is 0.286. The summed E-state index contributed by atoms with van der Waals surface area (Å²) < 4.78 is 1.03. The summed E-state index contributed by atoms with van der Waals surface area (Å²) in [6.07, 6.45) is 1.85. The Labute approximate surface area is 181 Å². The van der Waals surface area contributed by atoms with Gasteiger partial charge >= 0.3 is 6.03 Å². The Morgan fingerprint density at radius 1 is 1.14 bits per heavy atom. The molecule has 2 aromatic rings. The van der Waals surface area contributed by atoms with Gasteiger partial charge in [0, 0.05) is 20.0 Å². The third kappa shape index (κ3) is 4.33. The SMILES string of the molecule is C[C@]1(C2CC2)NC(=O)N(CC(=O)Nc2ccc(Sc3ccc(Br)cc3)cc2)C1=O. The van der Waals surface area contributed by atoms with E-state index < -0.39 is 17.5 Å². The van der Waals surface area contributed by atoms with E-state index in [-0.39, 0.29) is 18.4 Å². The molecule has 0 aromatic heterocycles. The lowest BCUT2D eigenvalue weighted by Crippen LogP contribution is -2.46. The van der Waals surface area contributed by atoms with Crippen molar-refractivity contribution in [3.63, 3.8) is 0 Å². The largest absolute Gasteiger partial charge is 0.325 e. The summed E-state index contributed by atoms with van der Waals surface area (Å²) >= 11 is 5.04. The van der Waals surface area contributed by atoms with E-state index in [0.717, 1.165) is 32.0 Å². The minimum Gasteiger partial charge on any atom is -0.325 e. The van der Waals surface area contributed by atoms with Crippen LogP contribution >= 0.6 is 27.7 Å². The summed E-state index contributed by atoms with van der Waals surface area (Å²) in [6, 6.07) is 15.0. The maximum absolute atomic E-state index is 12.6. The summed E-state index contributed by atoms with van der Waals surface area (Å²) in [5.74, 6) is -0.550. The second kappa shape index (κ2) is 7.84. The molecule has 1 atom stereocenters. The normalized spacial score (nSPS) is 21.2. The van der Waals surface area contributed by atoms with Crippen LogP contribution in [0.5, 0.6) is 0 Å². The van der Waals surface area contributed by atoms with Crippen molar-refractivity contribution in [3.05, 3.63) is 53.0 Å². The smallest absolute Gasteiger partial charge is 0.325 e. The second-order valence-corrected chi connectivity index (χ2v) is 9.49. The zero-order chi connectivity index (χ0) is 20.6. The Kier molecular flexibility index (Phi) is 5.40. The molecular formula is C21H20BrN3O3S. The first-order chi connectivity index (χ1) is 13.8. The fourth-order valence-corrected chi connectivity index (χ4v) is 4.47. The molecule has 150 valence electrons. The minimum absolute atomic E-state index is 0.169. The van der Waals surface area contributed by atoms with E-state index in [0.29, 0.717) is 5.69 Å². The van der Waals surface area contributed by atoms with Crippen LogP contribution in [0.3, 0.4) is 0 Å². The number of rotatable bonds is 6. The number of imide groups is 1. The highest BCUT2D eigenvalue weighted by Crippen LogP contribution is 2.42. The molecule has 4 rings (SSSR count). The Morgan fingerprint density at radius 2 is 1.72 bits per heavy atom. The molecule has 1 aliphatic heterocycles. The first kappa shape index (κ1) is 20.0. The highest BCUT2D eigenvalue weighted by Gasteiger charge is 2.56. The molecule has 6 nitrogen and oxygen atoms in total. The lowest BCUT2D eigenvalue weighted by molar-refractivity contribution is -0.134. The molecule has 0 bridgehead atoms. The van der Waals surface area contributed by atoms with Crippen molar-refractivity contribution < 1.29 is 14.4 Å². The minimum atomic E-state index is -0.872. The summed E-state index contributed by atoms with van der Waals surface area (Å²) in [5.41, 5.74) is -0.254. The molecule has 2 N–H and O–H groups in total. The molecule has 2 aromatic carbocycles. The summed E-state index contributed by atoms with van der Waals surface area (Å²) in [6.45, 7) is 1.45. The van der Waals surface area contributed by atoms with Gasteiger partial charge in [0.2, 0.25) is 5.91 Å². The van der Waals surface area contributed by atoms with Crippen molar-refractivity contribution >= 4 is 51.2 Å². The predicted octanol–water partition coefficient (Wildman–Crippen LogP) is 4.26. The number of urea groups is 1. The molecule has 0 spiro atoms. The van der Waals surface area contributed by atoms with Gasteiger partial charge in [0.1, 0.15) is 12.1 Å². The Hall–Kier alpha value is -2.32. The number of halogens is 1. The first-order valence-electron chi connectivity index (χ1n) is 9.32. The van der Waals surface area contributed by atoms with Gasteiger partial charge in [-0.3, -0.25) is 14.5 Å². The zero-order valence-electron chi connectivity index (χ0n) is 15.8. The van der Waals surface area contributed by atoms with Gasteiger partial charge in [0.05, 0.1) is 0 Å². The molecule has 0 radical (unpaired) electrons. The van der Waals surface area contributed by atoms with E-state index in [1.807, 2.05) is 36.4 Å².